The molecule has 0 unspecified atom stereocenters. The molecule has 0 heterocycles. The predicted molar refractivity (Wildman–Crippen MR) is 138 cm³/mol. The van der Waals surface area contributed by atoms with Crippen LogP contribution in [0.2, 0.25) is 0 Å². The Morgan fingerprint density at radius 1 is 0.267 bits per heavy atom. The normalized spacial score (nSPS) is 7.87. The van der Waals surface area contributed by atoms with Gasteiger partial charge < -0.3 is 64.2 Å². The van der Waals surface area contributed by atoms with Crippen LogP contribution in [0.15, 0.2) is 0 Å². The fraction of sp³-hybridized carbons (Fsp3) is 0. The van der Waals surface area contributed by atoms with Gasteiger partial charge in [0, 0.05) is 0 Å². The van der Waals surface area contributed by atoms with Crippen LogP contribution >= 0.6 is 31.3 Å². The van der Waals surface area contributed by atoms with Crippen LogP contribution in [-0.2, 0) is 18.3 Å². The van der Waals surface area contributed by atoms with Crippen molar-refractivity contribution in [3.63, 3.8) is 0 Å². The van der Waals surface area contributed by atoms with Gasteiger partial charge in [0.2, 0.25) is 0 Å². The third-order valence-electron chi connectivity index (χ3n) is 0. The average molecular weight is 789 g/mol. The van der Waals surface area contributed by atoms with Crippen molar-refractivity contribution in [1.29, 1.82) is 0 Å². The molecule has 30 heteroatoms. The van der Waals surface area contributed by atoms with E-state index in [2.05, 4.69) is 0 Å². The van der Waals surface area contributed by atoms with Crippen molar-refractivity contribution in [2.75, 3.05) is 0 Å². The third kappa shape index (κ3) is 433. The number of phosphoric acid groups is 4. The minimum atomic E-state index is -4.64. The number of hydrogen-bond acceptors (Lipinski definition) is 4. The zero-order valence-electron chi connectivity index (χ0n) is 9.29. The van der Waals surface area contributed by atoms with Gasteiger partial charge in [-0.25, -0.2) is 18.3 Å². The Morgan fingerprint density at radius 2 is 0.267 bits per heavy atom. The fourth-order valence-electron chi connectivity index (χ4n) is 0. The Bertz CT molecular complexity index is 306. The van der Waals surface area contributed by atoms with Gasteiger partial charge in [-0.05, 0) is 0 Å². The van der Waals surface area contributed by atoms with E-state index in [1.807, 2.05) is 0 Å². The van der Waals surface area contributed by atoms with Crippen molar-refractivity contribution >= 4 is 371 Å². The molecule has 0 aliphatic carbocycles. The molecule has 0 rings (SSSR count). The van der Waals surface area contributed by atoms with E-state index in [1.54, 1.807) is 0 Å². The van der Waals surface area contributed by atoms with Crippen molar-refractivity contribution < 1.29 is 82.5 Å². The summed E-state index contributed by atoms with van der Waals surface area (Å²) in [5, 5.41) is 0. The van der Waals surface area contributed by atoms with Crippen LogP contribution in [0.4, 0.5) is 0 Å². The molecule has 17 nitrogen and oxygen atoms in total. The van der Waals surface area contributed by atoms with E-state index in [0.29, 0.717) is 0 Å². The first-order chi connectivity index (χ1) is 8.00. The fourth-order valence-corrected chi connectivity index (χ4v) is 0. The van der Waals surface area contributed by atoms with Crippen LogP contribution in [0.1, 0.15) is 0 Å². The summed E-state index contributed by atoms with van der Waals surface area (Å²) in [4.78, 5) is 86.2. The molecule has 0 atom stereocenters. The van der Waals surface area contributed by atoms with Crippen molar-refractivity contribution in [1.82, 2.24) is 0 Å². The summed E-state index contributed by atoms with van der Waals surface area (Å²) in [7, 11) is -18.6. The average Bonchev–Trinajstić information content (AvgIpc) is 1.62. The minimum absolute atomic E-state index is 0. The summed E-state index contributed by atoms with van der Waals surface area (Å²) in [5.74, 6) is 0. The molecule has 0 spiro atoms. The summed E-state index contributed by atoms with van der Waals surface area (Å²) in [5.41, 5.74) is 0. The van der Waals surface area contributed by atoms with Gasteiger partial charge in [0.25, 0.3) is 0 Å². The molecule has 0 saturated carbocycles. The van der Waals surface area contributed by atoms with Crippen LogP contribution in [0, 0.1) is 0 Å². The van der Waals surface area contributed by atoms with Gasteiger partial charge in [-0.3, -0.25) is 0 Å². The standard InChI is InChI=1S/9Ca.4H3O4P.H2O.18H/c;;;;;;;;;4*1-5(2,3)4;;;;;;;;;;;;;;;;;;;/h;;;;;;;;;4*(H3,1,2,3,4);1H2;;;;;;;;;;;;;;;;;;. The first-order valence-electron chi connectivity index (χ1n) is 3.13. The molecule has 0 aliphatic rings. The number of rotatable bonds is 0. The molecule has 14 N–H and O–H groups in total. The number of hydrogen-bond donors (Lipinski definition) is 12. The van der Waals surface area contributed by atoms with Gasteiger partial charge >= 0.3 is 371 Å². The van der Waals surface area contributed by atoms with Crippen LogP contribution in [-0.4, -0.2) is 404 Å². The molecule has 0 bridgehead atoms. The van der Waals surface area contributed by atoms with Crippen LogP contribution in [0.5, 0.6) is 0 Å². The molecule has 0 aromatic rings. The van der Waals surface area contributed by atoms with E-state index >= 15 is 0 Å². The second kappa shape index (κ2) is 50.4. The topological polar surface area (TPSA) is 343 Å². The first-order valence-corrected chi connectivity index (χ1v) is 9.39. The molecule has 30 heavy (non-hydrogen) atoms. The molecule has 0 aromatic carbocycles. The molecule has 0 aromatic heterocycles. The maximum atomic E-state index is 8.88. The molecule has 0 saturated heterocycles. The molecule has 0 aliphatic heterocycles. The van der Waals surface area contributed by atoms with Crippen molar-refractivity contribution in [3.8, 4) is 0 Å². The summed E-state index contributed by atoms with van der Waals surface area (Å²) in [6.45, 7) is 0. The molecule has 0 fully saturated rings. The molecular formula is H32Ca9O17P4. The van der Waals surface area contributed by atoms with Crippen molar-refractivity contribution in [3.05, 3.63) is 0 Å². The second-order valence-electron chi connectivity index (χ2n) is 2.05. The zero-order chi connectivity index (χ0) is 18.0. The summed E-state index contributed by atoms with van der Waals surface area (Å²) in [6.07, 6.45) is 0. The van der Waals surface area contributed by atoms with Crippen LogP contribution in [0.25, 0.3) is 0 Å². The summed E-state index contributed by atoms with van der Waals surface area (Å²) in [6, 6.07) is 0. The van der Waals surface area contributed by atoms with E-state index in [9.17, 15) is 0 Å². The Labute approximate surface area is 440 Å². The first kappa shape index (κ1) is 90.0. The third-order valence-corrected chi connectivity index (χ3v) is 0. The summed E-state index contributed by atoms with van der Waals surface area (Å²) >= 11 is 0. The maximum absolute atomic E-state index is 8.88. The van der Waals surface area contributed by atoms with Gasteiger partial charge in [-0.2, -0.15) is 0 Å². The van der Waals surface area contributed by atoms with Crippen LogP contribution < -0.4 is 0 Å². The Morgan fingerprint density at radius 3 is 0.267 bits per heavy atom. The van der Waals surface area contributed by atoms with E-state index in [4.69, 9.17) is 77.0 Å². The van der Waals surface area contributed by atoms with Gasteiger partial charge in [-0.1, -0.05) is 0 Å². The second-order valence-corrected chi connectivity index (χ2v) is 6.16. The Balaban J connectivity index is -0.00000000853. The van der Waals surface area contributed by atoms with Crippen LogP contribution in [0.3, 0.4) is 0 Å². The van der Waals surface area contributed by atoms with Gasteiger partial charge in [0.1, 0.15) is 0 Å². The summed E-state index contributed by atoms with van der Waals surface area (Å²) < 4.78 is 35.5. The van der Waals surface area contributed by atoms with E-state index in [0.717, 1.165) is 0 Å². The van der Waals surface area contributed by atoms with Gasteiger partial charge in [0.15, 0.2) is 0 Å². The molecule has 172 valence electrons. The van der Waals surface area contributed by atoms with Gasteiger partial charge in [0.05, 0.1) is 0 Å². The Kier molecular flexibility index (Phi) is 151. The quantitative estimate of drug-likeness (QED) is 0.0801. The monoisotopic (exact) mass is 788 g/mol. The van der Waals surface area contributed by atoms with E-state index in [1.165, 1.54) is 0 Å². The van der Waals surface area contributed by atoms with E-state index < -0.39 is 31.3 Å². The SMILES string of the molecule is O.O=P(O)(O)O.O=P(O)(O)O.O=P(O)(O)O.O=P(O)(O)O.[CaH2].[CaH2].[CaH2].[CaH2].[CaH2].[CaH2].[CaH2].[CaH2].[CaH2]. The zero-order valence-corrected chi connectivity index (χ0v) is 12.9. The molecule has 0 amide bonds. The molecule has 0 radical (unpaired) electrons. The molecular weight excluding hydrogens is 757 g/mol. The Hall–Kier alpha value is 11.7. The van der Waals surface area contributed by atoms with E-state index in [-0.39, 0.29) is 345 Å². The predicted octanol–water partition coefficient (Wildman–Crippen LogP) is -12.8. The van der Waals surface area contributed by atoms with Crippen molar-refractivity contribution in [2.24, 2.45) is 0 Å². The van der Waals surface area contributed by atoms with Crippen molar-refractivity contribution in [2.45, 2.75) is 0 Å². The van der Waals surface area contributed by atoms with Gasteiger partial charge in [-0.15, -0.1) is 0 Å².